The van der Waals surface area contributed by atoms with E-state index in [9.17, 15) is 0 Å². The first-order chi connectivity index (χ1) is 9.10. The SMILES string of the molecule is COc1ccc(Br)c(CC(C)C(C)CNC2CC2)c1. The zero-order valence-electron chi connectivity index (χ0n) is 12.1. The number of nitrogens with one attached hydrogen (secondary N) is 1. The van der Waals surface area contributed by atoms with E-state index < -0.39 is 0 Å². The predicted octanol–water partition coefficient (Wildman–Crippen LogP) is 4.02. The Balaban J connectivity index is 1.90. The third kappa shape index (κ3) is 4.50. The molecule has 19 heavy (non-hydrogen) atoms. The van der Waals surface area contributed by atoms with Crippen LogP contribution >= 0.6 is 15.9 Å². The molecule has 0 aromatic heterocycles. The van der Waals surface area contributed by atoms with E-state index in [0.29, 0.717) is 11.8 Å². The Morgan fingerprint density at radius 3 is 2.68 bits per heavy atom. The Hall–Kier alpha value is -0.540. The van der Waals surface area contributed by atoms with Crippen LogP contribution in [-0.4, -0.2) is 19.7 Å². The molecule has 1 aliphatic rings. The molecule has 2 nitrogen and oxygen atoms in total. The number of hydrogen-bond donors (Lipinski definition) is 1. The van der Waals surface area contributed by atoms with Crippen molar-refractivity contribution in [3.63, 3.8) is 0 Å². The monoisotopic (exact) mass is 325 g/mol. The molecule has 1 aliphatic carbocycles. The number of hydrogen-bond acceptors (Lipinski definition) is 2. The van der Waals surface area contributed by atoms with Gasteiger partial charge in [-0.25, -0.2) is 0 Å². The maximum atomic E-state index is 5.31. The van der Waals surface area contributed by atoms with Crippen molar-refractivity contribution in [2.75, 3.05) is 13.7 Å². The highest BCUT2D eigenvalue weighted by Gasteiger charge is 2.22. The van der Waals surface area contributed by atoms with Gasteiger partial charge in [-0.2, -0.15) is 0 Å². The molecule has 106 valence electrons. The lowest BCUT2D eigenvalue weighted by Crippen LogP contribution is -2.27. The lowest BCUT2D eigenvalue weighted by molar-refractivity contribution is 0.362. The number of halogens is 1. The van der Waals surface area contributed by atoms with E-state index in [1.165, 1.54) is 22.9 Å². The van der Waals surface area contributed by atoms with Crippen molar-refractivity contribution in [1.82, 2.24) is 5.32 Å². The van der Waals surface area contributed by atoms with Crippen molar-refractivity contribution in [3.05, 3.63) is 28.2 Å². The predicted molar refractivity (Wildman–Crippen MR) is 83.8 cm³/mol. The molecule has 0 heterocycles. The molecule has 0 amide bonds. The molecule has 0 bridgehead atoms. The van der Waals surface area contributed by atoms with Crippen LogP contribution in [0.25, 0.3) is 0 Å². The van der Waals surface area contributed by atoms with Crippen LogP contribution in [-0.2, 0) is 6.42 Å². The quantitative estimate of drug-likeness (QED) is 0.817. The van der Waals surface area contributed by atoms with Crippen molar-refractivity contribution >= 4 is 15.9 Å². The van der Waals surface area contributed by atoms with Crippen LogP contribution in [0.2, 0.25) is 0 Å². The van der Waals surface area contributed by atoms with Crippen LogP contribution in [0.1, 0.15) is 32.3 Å². The Bertz CT molecular complexity index is 417. The average molecular weight is 326 g/mol. The molecular weight excluding hydrogens is 302 g/mol. The summed E-state index contributed by atoms with van der Waals surface area (Å²) in [4.78, 5) is 0. The van der Waals surface area contributed by atoms with Crippen molar-refractivity contribution < 1.29 is 4.74 Å². The fourth-order valence-electron chi connectivity index (χ4n) is 2.22. The Labute approximate surface area is 125 Å². The summed E-state index contributed by atoms with van der Waals surface area (Å²) in [5.74, 6) is 2.29. The highest BCUT2D eigenvalue weighted by Crippen LogP contribution is 2.27. The van der Waals surface area contributed by atoms with Crippen LogP contribution in [0.3, 0.4) is 0 Å². The van der Waals surface area contributed by atoms with E-state index >= 15 is 0 Å². The van der Waals surface area contributed by atoms with E-state index in [1.807, 2.05) is 6.07 Å². The molecule has 2 rings (SSSR count). The number of benzene rings is 1. The van der Waals surface area contributed by atoms with Gasteiger partial charge >= 0.3 is 0 Å². The molecule has 1 aromatic rings. The summed E-state index contributed by atoms with van der Waals surface area (Å²) >= 11 is 3.64. The zero-order valence-corrected chi connectivity index (χ0v) is 13.7. The Kier molecular flexibility index (Phi) is 5.28. The molecule has 0 aliphatic heterocycles. The van der Waals surface area contributed by atoms with Gasteiger partial charge in [-0.15, -0.1) is 0 Å². The minimum absolute atomic E-state index is 0.662. The van der Waals surface area contributed by atoms with Crippen LogP contribution in [0.5, 0.6) is 5.75 Å². The smallest absolute Gasteiger partial charge is 0.119 e. The molecule has 0 saturated heterocycles. The van der Waals surface area contributed by atoms with Crippen molar-refractivity contribution in [2.24, 2.45) is 11.8 Å². The normalized spacial score (nSPS) is 18.1. The third-order valence-electron chi connectivity index (χ3n) is 4.07. The first-order valence-corrected chi connectivity index (χ1v) is 7.95. The van der Waals surface area contributed by atoms with Gasteiger partial charge in [0.2, 0.25) is 0 Å². The van der Waals surface area contributed by atoms with Gasteiger partial charge in [0.05, 0.1) is 7.11 Å². The fourth-order valence-corrected chi connectivity index (χ4v) is 2.63. The van der Waals surface area contributed by atoms with E-state index in [2.05, 4.69) is 47.2 Å². The minimum atomic E-state index is 0.662. The lowest BCUT2D eigenvalue weighted by atomic mass is 9.89. The van der Waals surface area contributed by atoms with Gasteiger partial charge in [0.1, 0.15) is 5.75 Å². The van der Waals surface area contributed by atoms with Gasteiger partial charge in [0.15, 0.2) is 0 Å². The molecule has 1 aromatic carbocycles. The van der Waals surface area contributed by atoms with E-state index in [-0.39, 0.29) is 0 Å². The number of methoxy groups -OCH3 is 1. The second-order valence-electron chi connectivity index (χ2n) is 5.80. The summed E-state index contributed by atoms with van der Waals surface area (Å²) in [5.41, 5.74) is 1.34. The minimum Gasteiger partial charge on any atom is -0.497 e. The van der Waals surface area contributed by atoms with Crippen LogP contribution in [0.15, 0.2) is 22.7 Å². The molecule has 0 radical (unpaired) electrons. The van der Waals surface area contributed by atoms with Gasteiger partial charge in [0.25, 0.3) is 0 Å². The molecular formula is C16H24BrNO. The standard InChI is InChI=1S/C16H24BrNO/c1-11(12(2)10-18-14-4-5-14)8-13-9-15(19-3)6-7-16(13)17/h6-7,9,11-12,14,18H,4-5,8,10H2,1-3H3. The zero-order chi connectivity index (χ0) is 13.8. The maximum absolute atomic E-state index is 5.31. The van der Waals surface area contributed by atoms with Crippen molar-refractivity contribution in [1.29, 1.82) is 0 Å². The van der Waals surface area contributed by atoms with E-state index in [1.54, 1.807) is 7.11 Å². The molecule has 3 heteroatoms. The third-order valence-corrected chi connectivity index (χ3v) is 4.85. The van der Waals surface area contributed by atoms with Gasteiger partial charge < -0.3 is 10.1 Å². The lowest BCUT2D eigenvalue weighted by Gasteiger charge is -2.21. The second-order valence-corrected chi connectivity index (χ2v) is 6.65. The van der Waals surface area contributed by atoms with Gasteiger partial charge in [-0.3, -0.25) is 0 Å². The second kappa shape index (κ2) is 6.76. The average Bonchev–Trinajstić information content (AvgIpc) is 3.22. The highest BCUT2D eigenvalue weighted by molar-refractivity contribution is 9.10. The maximum Gasteiger partial charge on any atom is 0.119 e. The van der Waals surface area contributed by atoms with Crippen LogP contribution in [0.4, 0.5) is 0 Å². The Morgan fingerprint density at radius 1 is 1.32 bits per heavy atom. The van der Waals surface area contributed by atoms with Crippen molar-refractivity contribution in [3.8, 4) is 5.75 Å². The molecule has 2 atom stereocenters. The Morgan fingerprint density at radius 2 is 2.05 bits per heavy atom. The molecule has 2 unspecified atom stereocenters. The summed E-state index contributed by atoms with van der Waals surface area (Å²) in [6.45, 7) is 5.81. The van der Waals surface area contributed by atoms with E-state index in [0.717, 1.165) is 24.8 Å². The van der Waals surface area contributed by atoms with Gasteiger partial charge in [-0.1, -0.05) is 29.8 Å². The first-order valence-electron chi connectivity index (χ1n) is 7.16. The van der Waals surface area contributed by atoms with E-state index in [4.69, 9.17) is 4.74 Å². The number of rotatable bonds is 7. The summed E-state index contributed by atoms with van der Waals surface area (Å²) < 4.78 is 6.49. The van der Waals surface area contributed by atoms with Gasteiger partial charge in [-0.05, 0) is 61.4 Å². The van der Waals surface area contributed by atoms with Crippen LogP contribution in [0, 0.1) is 11.8 Å². The molecule has 1 saturated carbocycles. The summed E-state index contributed by atoms with van der Waals surface area (Å²) in [6, 6.07) is 7.02. The summed E-state index contributed by atoms with van der Waals surface area (Å²) in [5, 5.41) is 3.62. The van der Waals surface area contributed by atoms with Gasteiger partial charge in [0, 0.05) is 10.5 Å². The van der Waals surface area contributed by atoms with Crippen molar-refractivity contribution in [2.45, 2.75) is 39.2 Å². The molecule has 1 fully saturated rings. The molecule has 1 N–H and O–H groups in total. The largest absolute Gasteiger partial charge is 0.497 e. The summed E-state index contributed by atoms with van der Waals surface area (Å²) in [6.07, 6.45) is 3.82. The van der Waals surface area contributed by atoms with Crippen LogP contribution < -0.4 is 10.1 Å². The summed E-state index contributed by atoms with van der Waals surface area (Å²) in [7, 11) is 1.72. The first kappa shape index (κ1) is 14.9. The topological polar surface area (TPSA) is 21.3 Å². The fraction of sp³-hybridized carbons (Fsp3) is 0.625. The number of ether oxygens (including phenoxy) is 1. The highest BCUT2D eigenvalue weighted by atomic mass is 79.9. The molecule has 0 spiro atoms.